The second-order valence-corrected chi connectivity index (χ2v) is 3.23. The van der Waals surface area contributed by atoms with Crippen LogP contribution in [0.4, 0.5) is 4.39 Å². The zero-order valence-electron chi connectivity index (χ0n) is 8.35. The number of halogens is 1. The normalized spacial score (nSPS) is 10.4. The maximum atomic E-state index is 13.4. The van der Waals surface area contributed by atoms with E-state index in [1.807, 2.05) is 5.10 Å². The van der Waals surface area contributed by atoms with Gasteiger partial charge in [-0.2, -0.15) is 0 Å². The first-order chi connectivity index (χ1) is 8.02. The number of aromatic nitrogens is 2. The van der Waals surface area contributed by atoms with Crippen molar-refractivity contribution in [3.8, 4) is 11.6 Å². The molecule has 0 aliphatic rings. The topological polar surface area (TPSA) is 95.3 Å². The third-order valence-electron chi connectivity index (χ3n) is 2.18. The molecular weight excluding hydrogens is 231 g/mol. The number of aromatic hydroxyl groups is 1. The molecule has 0 atom stereocenters. The van der Waals surface area contributed by atoms with Crippen LogP contribution in [0.3, 0.4) is 0 Å². The van der Waals surface area contributed by atoms with Crippen molar-refractivity contribution in [3.63, 3.8) is 0 Å². The van der Waals surface area contributed by atoms with E-state index in [0.29, 0.717) is 4.68 Å². The monoisotopic (exact) mass is 238 g/mol. The minimum atomic E-state index is -1.58. The molecule has 0 radical (unpaired) electrons. The Morgan fingerprint density at radius 3 is 2.53 bits per heavy atom. The second kappa shape index (κ2) is 3.78. The fourth-order valence-corrected chi connectivity index (χ4v) is 1.42. The predicted molar refractivity (Wildman–Crippen MR) is 55.0 cm³/mol. The Kier molecular flexibility index (Phi) is 2.43. The highest BCUT2D eigenvalue weighted by Gasteiger charge is 2.22. The molecule has 1 aromatic carbocycles. The van der Waals surface area contributed by atoms with E-state index >= 15 is 0 Å². The van der Waals surface area contributed by atoms with Crippen LogP contribution in [0.1, 0.15) is 10.4 Å². The van der Waals surface area contributed by atoms with Gasteiger partial charge in [0.15, 0.2) is 5.56 Å². The summed E-state index contributed by atoms with van der Waals surface area (Å²) >= 11 is 0. The van der Waals surface area contributed by atoms with Gasteiger partial charge < -0.3 is 10.2 Å². The van der Waals surface area contributed by atoms with E-state index < -0.39 is 28.8 Å². The molecule has 1 aromatic heterocycles. The fourth-order valence-electron chi connectivity index (χ4n) is 1.42. The van der Waals surface area contributed by atoms with Crippen molar-refractivity contribution in [2.24, 2.45) is 0 Å². The number of para-hydroxylation sites is 1. The van der Waals surface area contributed by atoms with Crippen molar-refractivity contribution in [1.82, 2.24) is 9.78 Å². The van der Waals surface area contributed by atoms with Gasteiger partial charge in [0.1, 0.15) is 11.5 Å². The zero-order valence-corrected chi connectivity index (χ0v) is 8.35. The summed E-state index contributed by atoms with van der Waals surface area (Å²) in [6.45, 7) is 0. The minimum absolute atomic E-state index is 0.144. The van der Waals surface area contributed by atoms with Gasteiger partial charge in [0.05, 0.1) is 0 Å². The van der Waals surface area contributed by atoms with Crippen LogP contribution in [0.5, 0.6) is 5.88 Å². The average molecular weight is 238 g/mol. The maximum Gasteiger partial charge on any atom is 0.347 e. The minimum Gasteiger partial charge on any atom is -0.493 e. The van der Waals surface area contributed by atoms with Crippen LogP contribution in [0.25, 0.3) is 5.69 Å². The summed E-state index contributed by atoms with van der Waals surface area (Å²) in [4.78, 5) is 21.9. The number of carboxylic acid groups (broad SMARTS) is 1. The number of hydrogen-bond donors (Lipinski definition) is 3. The Labute approximate surface area is 93.5 Å². The van der Waals surface area contributed by atoms with E-state index in [-0.39, 0.29) is 5.69 Å². The number of aromatic amines is 1. The van der Waals surface area contributed by atoms with Gasteiger partial charge in [0.25, 0.3) is 5.56 Å². The summed E-state index contributed by atoms with van der Waals surface area (Å²) in [6, 6.07) is 5.32. The third-order valence-corrected chi connectivity index (χ3v) is 2.18. The van der Waals surface area contributed by atoms with E-state index in [1.165, 1.54) is 18.2 Å². The maximum absolute atomic E-state index is 13.4. The Morgan fingerprint density at radius 2 is 2.00 bits per heavy atom. The first kappa shape index (κ1) is 10.9. The quantitative estimate of drug-likeness (QED) is 0.717. The Balaban J connectivity index is 2.71. The van der Waals surface area contributed by atoms with Gasteiger partial charge in [-0.1, -0.05) is 12.1 Å². The van der Waals surface area contributed by atoms with Crippen LogP contribution in [-0.2, 0) is 0 Å². The highest BCUT2D eigenvalue weighted by atomic mass is 19.1. The van der Waals surface area contributed by atoms with Crippen molar-refractivity contribution in [3.05, 3.63) is 46.0 Å². The van der Waals surface area contributed by atoms with Gasteiger partial charge in [0, 0.05) is 0 Å². The van der Waals surface area contributed by atoms with Crippen molar-refractivity contribution in [2.45, 2.75) is 0 Å². The number of benzene rings is 1. The van der Waals surface area contributed by atoms with Crippen molar-refractivity contribution in [2.75, 3.05) is 0 Å². The molecule has 7 heteroatoms. The highest BCUT2D eigenvalue weighted by Crippen LogP contribution is 2.20. The SMILES string of the molecule is O=C(O)c1c(O)n(-c2ccccc2F)[nH]c1=O. The van der Waals surface area contributed by atoms with Crippen LogP contribution in [-0.4, -0.2) is 26.0 Å². The van der Waals surface area contributed by atoms with Crippen molar-refractivity contribution < 1.29 is 19.4 Å². The van der Waals surface area contributed by atoms with Crippen LogP contribution < -0.4 is 5.56 Å². The molecule has 17 heavy (non-hydrogen) atoms. The summed E-state index contributed by atoms with van der Waals surface area (Å²) in [5.74, 6) is -3.13. The lowest BCUT2D eigenvalue weighted by Crippen LogP contribution is -2.11. The number of carbonyl (C=O) groups is 1. The Hall–Kier alpha value is -2.57. The van der Waals surface area contributed by atoms with E-state index in [1.54, 1.807) is 0 Å². The number of nitrogens with zero attached hydrogens (tertiary/aromatic N) is 1. The largest absolute Gasteiger partial charge is 0.493 e. The summed E-state index contributed by atoms with van der Waals surface area (Å²) in [5, 5.41) is 20.3. The number of carboxylic acids is 1. The van der Waals surface area contributed by atoms with Crippen LogP contribution in [0.2, 0.25) is 0 Å². The highest BCUT2D eigenvalue weighted by molar-refractivity contribution is 5.89. The summed E-state index contributed by atoms with van der Waals surface area (Å²) in [5.41, 5.74) is -1.97. The molecule has 6 nitrogen and oxygen atoms in total. The van der Waals surface area contributed by atoms with Gasteiger partial charge in [-0.15, -0.1) is 0 Å². The van der Waals surface area contributed by atoms with Crippen LogP contribution >= 0.6 is 0 Å². The van der Waals surface area contributed by atoms with E-state index in [2.05, 4.69) is 0 Å². The summed E-state index contributed by atoms with van der Waals surface area (Å²) in [6.07, 6.45) is 0. The molecule has 1 heterocycles. The smallest absolute Gasteiger partial charge is 0.347 e. The lowest BCUT2D eigenvalue weighted by molar-refractivity contribution is 0.0692. The van der Waals surface area contributed by atoms with Crippen molar-refractivity contribution in [1.29, 1.82) is 0 Å². The van der Waals surface area contributed by atoms with Gasteiger partial charge in [0.2, 0.25) is 5.88 Å². The molecule has 2 rings (SSSR count). The molecule has 0 bridgehead atoms. The molecule has 0 unspecified atom stereocenters. The summed E-state index contributed by atoms with van der Waals surface area (Å²) < 4.78 is 14.1. The molecule has 0 saturated heterocycles. The number of H-pyrrole nitrogens is 1. The molecule has 3 N–H and O–H groups in total. The summed E-state index contributed by atoms with van der Waals surface area (Å²) in [7, 11) is 0. The van der Waals surface area contributed by atoms with Gasteiger partial charge in [-0.05, 0) is 12.1 Å². The number of nitrogens with one attached hydrogen (secondary N) is 1. The predicted octanol–water partition coefficient (Wildman–Crippen LogP) is 0.708. The van der Waals surface area contributed by atoms with Gasteiger partial charge >= 0.3 is 5.97 Å². The fraction of sp³-hybridized carbons (Fsp3) is 0. The Morgan fingerprint density at radius 1 is 1.35 bits per heavy atom. The van der Waals surface area contributed by atoms with E-state index in [0.717, 1.165) is 6.07 Å². The molecule has 0 aliphatic heterocycles. The standard InChI is InChI=1S/C10H7FN2O4/c11-5-3-1-2-4-6(5)13-9(15)7(10(16)17)8(14)12-13/h1-4,15H,(H,12,14)(H,16,17). The molecule has 0 fully saturated rings. The van der Waals surface area contributed by atoms with Crippen LogP contribution in [0, 0.1) is 5.82 Å². The Bertz CT molecular complexity index is 644. The lowest BCUT2D eigenvalue weighted by Gasteiger charge is -2.04. The lowest BCUT2D eigenvalue weighted by atomic mass is 10.3. The second-order valence-electron chi connectivity index (χ2n) is 3.23. The van der Waals surface area contributed by atoms with Gasteiger partial charge in [-0.3, -0.25) is 9.89 Å². The van der Waals surface area contributed by atoms with Crippen molar-refractivity contribution >= 4 is 5.97 Å². The van der Waals surface area contributed by atoms with E-state index in [4.69, 9.17) is 5.11 Å². The number of aromatic carboxylic acids is 1. The first-order valence-corrected chi connectivity index (χ1v) is 4.54. The van der Waals surface area contributed by atoms with Gasteiger partial charge in [-0.25, -0.2) is 13.9 Å². The molecular formula is C10H7FN2O4. The van der Waals surface area contributed by atoms with E-state index in [9.17, 15) is 19.1 Å². The number of hydrogen-bond acceptors (Lipinski definition) is 3. The first-order valence-electron chi connectivity index (χ1n) is 4.54. The molecule has 2 aromatic rings. The molecule has 0 saturated carbocycles. The van der Waals surface area contributed by atoms with Crippen LogP contribution in [0.15, 0.2) is 29.1 Å². The molecule has 0 amide bonds. The molecule has 0 spiro atoms. The number of rotatable bonds is 2. The third kappa shape index (κ3) is 1.67. The zero-order chi connectivity index (χ0) is 12.6. The molecule has 88 valence electrons. The average Bonchev–Trinajstić information content (AvgIpc) is 2.55. The molecule has 0 aliphatic carbocycles.